The Kier molecular flexibility index (Phi) is 6.29. The van der Waals surface area contributed by atoms with Gasteiger partial charge in [0.1, 0.15) is 23.3 Å². The summed E-state index contributed by atoms with van der Waals surface area (Å²) >= 11 is 0. The standard InChI is InChI=1S/C28H26N16O4/c1-11-5-19(45)41-25(29-11)33-17(37-41)9-15(23-35-27-31-13(3)7-21(47)43(27)39-23)16(24-36-28-32-14(4)8-22(48)44(28)40-24)10-18-34-26-30-12(2)6-20(46)42(26)38-18/h5-8,15-16H,9-10H2,1-4H3,(H,29,33,37)(H,30,34,38)(H,31,35,39)(H,32,36,40). The number of nitrogens with zero attached hydrogens (tertiary/aromatic N) is 12. The summed E-state index contributed by atoms with van der Waals surface area (Å²) in [5, 5.41) is 12.2. The van der Waals surface area contributed by atoms with E-state index in [9.17, 15) is 19.2 Å². The molecule has 0 aliphatic heterocycles. The highest BCUT2D eigenvalue weighted by Crippen LogP contribution is 2.35. The molecule has 0 aliphatic rings. The van der Waals surface area contributed by atoms with Gasteiger partial charge >= 0.3 is 0 Å². The lowest BCUT2D eigenvalue weighted by Gasteiger charge is -2.22. The van der Waals surface area contributed by atoms with E-state index in [2.05, 4.69) is 50.3 Å². The fourth-order valence-corrected chi connectivity index (χ4v) is 5.88. The molecule has 48 heavy (non-hydrogen) atoms. The minimum atomic E-state index is -0.694. The van der Waals surface area contributed by atoms with E-state index in [0.717, 1.165) is 0 Å². The first-order chi connectivity index (χ1) is 23.0. The number of rotatable bonds is 7. The molecule has 8 heterocycles. The van der Waals surface area contributed by atoms with Crippen molar-refractivity contribution in [2.45, 2.75) is 52.4 Å². The predicted octanol–water partition coefficient (Wildman–Crippen LogP) is -0.803. The average Bonchev–Trinajstić information content (AvgIpc) is 3.79. The van der Waals surface area contributed by atoms with Crippen molar-refractivity contribution in [3.63, 3.8) is 0 Å². The quantitative estimate of drug-likeness (QED) is 0.165. The fraction of sp³-hybridized carbons (Fsp3) is 0.286. The van der Waals surface area contributed by atoms with Gasteiger partial charge in [0, 0.05) is 71.7 Å². The van der Waals surface area contributed by atoms with E-state index < -0.39 is 11.8 Å². The summed E-state index contributed by atoms with van der Waals surface area (Å²) in [5.74, 6) is 0.650. The minimum absolute atomic E-state index is 0.107. The number of hydrogen-bond donors (Lipinski definition) is 4. The molecule has 8 aromatic heterocycles. The lowest BCUT2D eigenvalue weighted by molar-refractivity contribution is 0.469. The zero-order valence-electron chi connectivity index (χ0n) is 25.9. The molecule has 8 rings (SSSR count). The Morgan fingerprint density at radius 3 is 1.08 bits per heavy atom. The summed E-state index contributed by atoms with van der Waals surface area (Å²) < 4.78 is 4.91. The smallest absolute Gasteiger partial charge is 0.274 e. The molecule has 2 atom stereocenters. The van der Waals surface area contributed by atoms with Crippen LogP contribution >= 0.6 is 0 Å². The maximum Gasteiger partial charge on any atom is 0.274 e. The van der Waals surface area contributed by atoms with Crippen LogP contribution in [0, 0.1) is 27.7 Å². The first-order valence-electron chi connectivity index (χ1n) is 14.8. The van der Waals surface area contributed by atoms with Crippen molar-refractivity contribution < 1.29 is 0 Å². The lowest BCUT2D eigenvalue weighted by Crippen LogP contribution is -2.22. The van der Waals surface area contributed by atoms with E-state index in [-0.39, 0.29) is 58.2 Å². The third-order valence-electron chi connectivity index (χ3n) is 7.98. The largest absolute Gasteiger partial charge is 0.275 e. The van der Waals surface area contributed by atoms with Crippen LogP contribution in [0.25, 0.3) is 23.1 Å². The van der Waals surface area contributed by atoms with Crippen LogP contribution < -0.4 is 22.2 Å². The first kappa shape index (κ1) is 28.8. The van der Waals surface area contributed by atoms with Crippen LogP contribution in [0.2, 0.25) is 0 Å². The Hall–Kier alpha value is -6.60. The SMILES string of the molecule is Cc1cc(=O)n2[nH]c(CC(c3nc4nc(C)cc(=O)n4[nH]3)C(Cc3nc4nc(C)cc(=O)n4[nH]3)c3nc4nc(C)cc(=O)n4[nH]3)nc2n1. The van der Waals surface area contributed by atoms with Crippen LogP contribution in [0.4, 0.5) is 0 Å². The van der Waals surface area contributed by atoms with Crippen molar-refractivity contribution in [1.82, 2.24) is 78.3 Å². The van der Waals surface area contributed by atoms with Crippen LogP contribution in [0.3, 0.4) is 0 Å². The summed E-state index contributed by atoms with van der Waals surface area (Å²) in [6.07, 6.45) is 0.214. The van der Waals surface area contributed by atoms with Crippen molar-refractivity contribution in [1.29, 1.82) is 0 Å². The van der Waals surface area contributed by atoms with E-state index in [1.807, 2.05) is 0 Å². The normalized spacial score (nSPS) is 13.3. The Bertz CT molecular complexity index is 2610. The Morgan fingerprint density at radius 2 is 0.750 bits per heavy atom. The third kappa shape index (κ3) is 4.85. The fourth-order valence-electron chi connectivity index (χ4n) is 5.88. The zero-order valence-corrected chi connectivity index (χ0v) is 25.9. The monoisotopic (exact) mass is 650 g/mol. The van der Waals surface area contributed by atoms with Gasteiger partial charge in [0.2, 0.25) is 0 Å². The van der Waals surface area contributed by atoms with Gasteiger partial charge in [0.15, 0.2) is 0 Å². The number of nitrogens with one attached hydrogen (secondary N) is 4. The molecule has 0 aliphatic carbocycles. The molecule has 0 spiro atoms. The van der Waals surface area contributed by atoms with Crippen LogP contribution in [0.15, 0.2) is 43.4 Å². The van der Waals surface area contributed by atoms with Crippen molar-refractivity contribution >= 4 is 23.1 Å². The molecule has 20 nitrogen and oxygen atoms in total. The molecule has 20 heteroatoms. The van der Waals surface area contributed by atoms with E-state index >= 15 is 0 Å². The van der Waals surface area contributed by atoms with Crippen LogP contribution in [0.1, 0.15) is 57.9 Å². The Balaban J connectivity index is 1.35. The molecular formula is C28H26N16O4. The van der Waals surface area contributed by atoms with E-state index in [0.29, 0.717) is 46.1 Å². The second-order valence-electron chi connectivity index (χ2n) is 11.7. The van der Waals surface area contributed by atoms with Crippen molar-refractivity contribution in [3.8, 4) is 0 Å². The molecule has 0 bridgehead atoms. The molecule has 0 radical (unpaired) electrons. The topological polar surface area (TPSA) is 252 Å². The van der Waals surface area contributed by atoms with Gasteiger partial charge in [0.25, 0.3) is 45.3 Å². The van der Waals surface area contributed by atoms with Crippen molar-refractivity contribution in [2.75, 3.05) is 0 Å². The van der Waals surface area contributed by atoms with Crippen LogP contribution in [-0.4, -0.2) is 78.3 Å². The maximum atomic E-state index is 12.9. The second-order valence-corrected chi connectivity index (χ2v) is 11.7. The minimum Gasteiger partial charge on any atom is -0.275 e. The molecule has 0 fully saturated rings. The molecule has 0 amide bonds. The molecule has 0 saturated carbocycles. The van der Waals surface area contributed by atoms with E-state index in [1.165, 1.54) is 42.3 Å². The number of H-pyrrole nitrogens is 4. The number of aryl methyl sites for hydroxylation is 4. The molecule has 2 unspecified atom stereocenters. The number of aromatic amines is 4. The summed E-state index contributed by atoms with van der Waals surface area (Å²) in [4.78, 5) is 87.5. The average molecular weight is 651 g/mol. The van der Waals surface area contributed by atoms with Crippen molar-refractivity contribution in [2.24, 2.45) is 0 Å². The van der Waals surface area contributed by atoms with Gasteiger partial charge in [-0.3, -0.25) is 39.6 Å². The van der Waals surface area contributed by atoms with Gasteiger partial charge in [-0.15, -0.1) is 0 Å². The number of fused-ring (bicyclic) bond motifs is 4. The molecule has 8 aromatic rings. The van der Waals surface area contributed by atoms with Crippen LogP contribution in [-0.2, 0) is 12.8 Å². The summed E-state index contributed by atoms with van der Waals surface area (Å²) in [6, 6.07) is 5.52. The predicted molar refractivity (Wildman–Crippen MR) is 166 cm³/mol. The molecule has 0 aromatic carbocycles. The highest BCUT2D eigenvalue weighted by Gasteiger charge is 2.34. The number of aromatic nitrogens is 16. The molecular weight excluding hydrogens is 624 g/mol. The zero-order chi connectivity index (χ0) is 33.4. The highest BCUT2D eigenvalue weighted by molar-refractivity contribution is 5.34. The molecule has 4 N–H and O–H groups in total. The van der Waals surface area contributed by atoms with Gasteiger partial charge in [-0.25, -0.2) is 19.9 Å². The lowest BCUT2D eigenvalue weighted by atomic mass is 9.85. The summed E-state index contributed by atoms with van der Waals surface area (Å²) in [5.41, 5.74) is 0.566. The van der Waals surface area contributed by atoms with E-state index in [4.69, 9.17) is 9.97 Å². The summed E-state index contributed by atoms with van der Waals surface area (Å²) in [7, 11) is 0. The van der Waals surface area contributed by atoms with Crippen molar-refractivity contribution in [3.05, 3.63) is 112 Å². The molecule has 0 saturated heterocycles. The third-order valence-corrected chi connectivity index (χ3v) is 7.98. The van der Waals surface area contributed by atoms with Gasteiger partial charge in [0.05, 0.1) is 0 Å². The highest BCUT2D eigenvalue weighted by atomic mass is 16.1. The second kappa shape index (κ2) is 10.5. The molecule has 242 valence electrons. The summed E-state index contributed by atoms with van der Waals surface area (Å²) in [6.45, 7) is 6.78. The van der Waals surface area contributed by atoms with Gasteiger partial charge in [-0.05, 0) is 27.7 Å². The van der Waals surface area contributed by atoms with Gasteiger partial charge in [-0.2, -0.15) is 38.0 Å². The first-order valence-corrected chi connectivity index (χ1v) is 14.8. The number of hydrogen-bond acceptors (Lipinski definition) is 12. The Labute approximate surface area is 265 Å². The van der Waals surface area contributed by atoms with Gasteiger partial charge in [-0.1, -0.05) is 0 Å². The Morgan fingerprint density at radius 1 is 0.458 bits per heavy atom. The van der Waals surface area contributed by atoms with Gasteiger partial charge < -0.3 is 0 Å². The maximum absolute atomic E-state index is 12.9. The van der Waals surface area contributed by atoms with Crippen LogP contribution in [0.5, 0.6) is 0 Å². The van der Waals surface area contributed by atoms with E-state index in [1.54, 1.807) is 27.7 Å².